The van der Waals surface area contributed by atoms with E-state index in [1.165, 1.54) is 5.56 Å². The second-order valence-electron chi connectivity index (χ2n) is 5.23. The summed E-state index contributed by atoms with van der Waals surface area (Å²) in [7, 11) is 1.94. The van der Waals surface area contributed by atoms with Crippen LogP contribution in [-0.2, 0) is 13.6 Å². The molecular formula is C17H17N3O. The molecule has 106 valence electrons. The molecule has 1 amide bonds. The van der Waals surface area contributed by atoms with Gasteiger partial charge >= 0.3 is 0 Å². The molecule has 0 fully saturated rings. The zero-order valence-corrected chi connectivity index (χ0v) is 12.1. The van der Waals surface area contributed by atoms with Crippen molar-refractivity contribution >= 4 is 16.9 Å². The number of amides is 1. The van der Waals surface area contributed by atoms with Gasteiger partial charge in [-0.25, -0.2) is 4.98 Å². The molecule has 0 bridgehead atoms. The highest BCUT2D eigenvalue weighted by molar-refractivity contribution is 5.97. The van der Waals surface area contributed by atoms with Crippen molar-refractivity contribution in [1.82, 2.24) is 14.9 Å². The molecule has 0 atom stereocenters. The Morgan fingerprint density at radius 1 is 1.24 bits per heavy atom. The van der Waals surface area contributed by atoms with Crippen molar-refractivity contribution in [3.63, 3.8) is 0 Å². The quantitative estimate of drug-likeness (QED) is 0.801. The maximum absolute atomic E-state index is 12.2. The van der Waals surface area contributed by atoms with E-state index in [4.69, 9.17) is 0 Å². The van der Waals surface area contributed by atoms with Gasteiger partial charge in [0.05, 0.1) is 17.4 Å². The summed E-state index contributed by atoms with van der Waals surface area (Å²) in [6.45, 7) is 2.57. The first kappa shape index (κ1) is 13.4. The number of aromatic nitrogens is 2. The lowest BCUT2D eigenvalue weighted by molar-refractivity contribution is 0.0951. The van der Waals surface area contributed by atoms with Gasteiger partial charge in [-0.2, -0.15) is 0 Å². The van der Waals surface area contributed by atoms with E-state index in [0.717, 1.165) is 16.6 Å². The van der Waals surface area contributed by atoms with Crippen molar-refractivity contribution in [1.29, 1.82) is 0 Å². The smallest absolute Gasteiger partial charge is 0.251 e. The van der Waals surface area contributed by atoms with E-state index in [9.17, 15) is 4.79 Å². The maximum atomic E-state index is 12.2. The zero-order valence-electron chi connectivity index (χ0n) is 12.1. The maximum Gasteiger partial charge on any atom is 0.251 e. The minimum absolute atomic E-state index is 0.0796. The Labute approximate surface area is 123 Å². The monoisotopic (exact) mass is 279 g/mol. The summed E-state index contributed by atoms with van der Waals surface area (Å²) in [5.41, 5.74) is 4.78. The minimum Gasteiger partial charge on any atom is -0.348 e. The molecule has 0 saturated heterocycles. The third-order valence-electron chi connectivity index (χ3n) is 3.52. The van der Waals surface area contributed by atoms with E-state index in [-0.39, 0.29) is 5.91 Å². The number of hydrogen-bond acceptors (Lipinski definition) is 2. The lowest BCUT2D eigenvalue weighted by Gasteiger charge is -2.06. The Morgan fingerprint density at radius 3 is 2.90 bits per heavy atom. The van der Waals surface area contributed by atoms with E-state index < -0.39 is 0 Å². The number of carbonyl (C=O) groups is 1. The molecule has 2 aromatic carbocycles. The van der Waals surface area contributed by atoms with E-state index in [1.807, 2.05) is 54.9 Å². The minimum atomic E-state index is -0.0796. The zero-order chi connectivity index (χ0) is 14.8. The van der Waals surface area contributed by atoms with Crippen LogP contribution >= 0.6 is 0 Å². The number of carbonyl (C=O) groups excluding carboxylic acids is 1. The number of hydrogen-bond donors (Lipinski definition) is 1. The molecule has 0 aliphatic carbocycles. The van der Waals surface area contributed by atoms with Crippen LogP contribution in [0.5, 0.6) is 0 Å². The lowest BCUT2D eigenvalue weighted by Crippen LogP contribution is -2.22. The molecular weight excluding hydrogens is 262 g/mol. The lowest BCUT2D eigenvalue weighted by atomic mass is 10.1. The molecule has 1 heterocycles. The Kier molecular flexibility index (Phi) is 3.44. The average molecular weight is 279 g/mol. The fourth-order valence-electron chi connectivity index (χ4n) is 2.38. The number of aryl methyl sites for hydroxylation is 2. The Morgan fingerprint density at radius 2 is 2.10 bits per heavy atom. The molecule has 4 heteroatoms. The van der Waals surface area contributed by atoms with E-state index >= 15 is 0 Å². The van der Waals surface area contributed by atoms with E-state index in [0.29, 0.717) is 12.1 Å². The van der Waals surface area contributed by atoms with Crippen LogP contribution in [0.4, 0.5) is 0 Å². The van der Waals surface area contributed by atoms with Crippen LogP contribution in [0.25, 0.3) is 11.0 Å². The first-order chi connectivity index (χ1) is 10.1. The van der Waals surface area contributed by atoms with Gasteiger partial charge in [0, 0.05) is 19.2 Å². The third kappa shape index (κ3) is 2.79. The highest BCUT2D eigenvalue weighted by Crippen LogP contribution is 2.14. The summed E-state index contributed by atoms with van der Waals surface area (Å²) in [6.07, 6.45) is 1.75. The Bertz CT molecular complexity index is 805. The number of fused-ring (bicyclic) bond motifs is 1. The van der Waals surface area contributed by atoms with Gasteiger partial charge in [-0.05, 0) is 30.7 Å². The van der Waals surface area contributed by atoms with Crippen LogP contribution in [0, 0.1) is 6.92 Å². The molecule has 1 aromatic heterocycles. The van der Waals surface area contributed by atoms with Crippen LogP contribution in [0.2, 0.25) is 0 Å². The van der Waals surface area contributed by atoms with E-state index in [1.54, 1.807) is 6.33 Å². The molecule has 0 radical (unpaired) electrons. The van der Waals surface area contributed by atoms with Crippen LogP contribution in [0.3, 0.4) is 0 Å². The van der Waals surface area contributed by atoms with Gasteiger partial charge in [-0.3, -0.25) is 4.79 Å². The predicted octanol–water partition coefficient (Wildman–Crippen LogP) is 2.81. The van der Waals surface area contributed by atoms with E-state index in [2.05, 4.69) is 16.4 Å². The third-order valence-corrected chi connectivity index (χ3v) is 3.52. The summed E-state index contributed by atoms with van der Waals surface area (Å²) in [6, 6.07) is 13.7. The van der Waals surface area contributed by atoms with Crippen molar-refractivity contribution in [2.24, 2.45) is 7.05 Å². The fraction of sp³-hybridized carbons (Fsp3) is 0.176. The number of nitrogens with zero attached hydrogens (tertiary/aromatic N) is 2. The summed E-state index contributed by atoms with van der Waals surface area (Å²) in [4.78, 5) is 16.5. The number of imidazole rings is 1. The van der Waals surface area contributed by atoms with Gasteiger partial charge in [-0.1, -0.05) is 29.8 Å². The molecule has 1 N–H and O–H groups in total. The van der Waals surface area contributed by atoms with Crippen LogP contribution < -0.4 is 5.32 Å². The molecule has 0 aliphatic heterocycles. The second kappa shape index (κ2) is 5.40. The number of nitrogens with one attached hydrogen (secondary N) is 1. The van der Waals surface area contributed by atoms with Gasteiger partial charge in [0.1, 0.15) is 0 Å². The van der Waals surface area contributed by atoms with Crippen molar-refractivity contribution in [2.75, 3.05) is 0 Å². The average Bonchev–Trinajstić information content (AvgIpc) is 2.86. The van der Waals surface area contributed by atoms with Crippen molar-refractivity contribution in [2.45, 2.75) is 13.5 Å². The standard InChI is InChI=1S/C17H17N3O/c1-12-4-3-5-13(8-12)10-18-17(21)14-6-7-16-15(9-14)19-11-20(16)2/h3-9,11H,10H2,1-2H3,(H,18,21). The Hall–Kier alpha value is -2.62. The molecule has 0 aliphatic rings. The largest absolute Gasteiger partial charge is 0.348 e. The molecule has 0 spiro atoms. The van der Waals surface area contributed by atoms with Gasteiger partial charge in [0.2, 0.25) is 0 Å². The molecule has 3 aromatic rings. The second-order valence-corrected chi connectivity index (χ2v) is 5.23. The molecule has 21 heavy (non-hydrogen) atoms. The summed E-state index contributed by atoms with van der Waals surface area (Å²) < 4.78 is 1.93. The topological polar surface area (TPSA) is 46.9 Å². The van der Waals surface area contributed by atoms with Gasteiger partial charge < -0.3 is 9.88 Å². The summed E-state index contributed by atoms with van der Waals surface area (Å²) >= 11 is 0. The molecule has 0 saturated carbocycles. The highest BCUT2D eigenvalue weighted by Gasteiger charge is 2.08. The first-order valence-electron chi connectivity index (χ1n) is 6.88. The molecule has 0 unspecified atom stereocenters. The van der Waals surface area contributed by atoms with Gasteiger partial charge in [-0.15, -0.1) is 0 Å². The van der Waals surface area contributed by atoms with Gasteiger partial charge in [0.15, 0.2) is 0 Å². The fourth-order valence-corrected chi connectivity index (χ4v) is 2.38. The summed E-state index contributed by atoms with van der Waals surface area (Å²) in [5.74, 6) is -0.0796. The Balaban J connectivity index is 1.74. The molecule has 4 nitrogen and oxygen atoms in total. The van der Waals surface area contributed by atoms with Crippen molar-refractivity contribution < 1.29 is 4.79 Å². The highest BCUT2D eigenvalue weighted by atomic mass is 16.1. The predicted molar refractivity (Wildman–Crippen MR) is 83.1 cm³/mol. The normalized spacial score (nSPS) is 10.8. The van der Waals surface area contributed by atoms with Crippen LogP contribution in [0.1, 0.15) is 21.5 Å². The molecule has 3 rings (SSSR count). The van der Waals surface area contributed by atoms with Gasteiger partial charge in [0.25, 0.3) is 5.91 Å². The van der Waals surface area contributed by atoms with Crippen molar-refractivity contribution in [3.8, 4) is 0 Å². The SMILES string of the molecule is Cc1cccc(CNC(=O)c2ccc3c(c2)ncn3C)c1. The first-order valence-corrected chi connectivity index (χ1v) is 6.88. The van der Waals surface area contributed by atoms with Crippen LogP contribution in [-0.4, -0.2) is 15.5 Å². The number of benzene rings is 2. The van der Waals surface area contributed by atoms with Crippen molar-refractivity contribution in [3.05, 3.63) is 65.5 Å². The number of rotatable bonds is 3. The van der Waals surface area contributed by atoms with Crippen LogP contribution in [0.15, 0.2) is 48.8 Å². The summed E-state index contributed by atoms with van der Waals surface area (Å²) in [5, 5.41) is 2.94.